The van der Waals surface area contributed by atoms with Crippen molar-refractivity contribution in [2.45, 2.75) is 19.4 Å². The number of amides is 1. The van der Waals surface area contributed by atoms with E-state index in [0.717, 1.165) is 11.4 Å². The molecular weight excluding hydrogens is 266 g/mol. The van der Waals surface area contributed by atoms with Crippen LogP contribution in [0.4, 0.5) is 5.82 Å². The Morgan fingerprint density at radius 2 is 1.95 bits per heavy atom. The summed E-state index contributed by atoms with van der Waals surface area (Å²) >= 11 is 0. The Labute approximate surface area is 124 Å². The zero-order valence-electron chi connectivity index (χ0n) is 11.8. The number of carbonyl (C=O) groups is 1. The van der Waals surface area contributed by atoms with Crippen LogP contribution < -0.4 is 15.8 Å². The number of ether oxygens (including phenoxy) is 1. The molecule has 2 aromatic rings. The zero-order chi connectivity index (χ0) is 14.9. The van der Waals surface area contributed by atoms with E-state index in [4.69, 9.17) is 10.5 Å². The van der Waals surface area contributed by atoms with Gasteiger partial charge in [0.25, 0.3) is 0 Å². The lowest BCUT2D eigenvalue weighted by molar-refractivity contribution is -0.116. The molecule has 0 fully saturated rings. The Kier molecular flexibility index (Phi) is 5.72. The number of pyridine rings is 1. The molecule has 0 atom stereocenters. The fourth-order valence-corrected chi connectivity index (χ4v) is 1.81. The van der Waals surface area contributed by atoms with Crippen LogP contribution in [0.1, 0.15) is 18.5 Å². The van der Waals surface area contributed by atoms with E-state index in [-0.39, 0.29) is 5.91 Å². The third-order valence-corrected chi connectivity index (χ3v) is 2.84. The van der Waals surface area contributed by atoms with E-state index < -0.39 is 0 Å². The second-order valence-corrected chi connectivity index (χ2v) is 4.53. The van der Waals surface area contributed by atoms with Crippen LogP contribution in [0.3, 0.4) is 0 Å². The molecule has 5 heteroatoms. The molecule has 0 aliphatic carbocycles. The Morgan fingerprint density at radius 3 is 2.71 bits per heavy atom. The van der Waals surface area contributed by atoms with Gasteiger partial charge in [-0.1, -0.05) is 24.3 Å². The van der Waals surface area contributed by atoms with Gasteiger partial charge >= 0.3 is 0 Å². The number of anilines is 1. The molecule has 0 spiro atoms. The minimum Gasteiger partial charge on any atom is -0.494 e. The molecule has 5 nitrogen and oxygen atoms in total. The minimum absolute atomic E-state index is 0.0756. The largest absolute Gasteiger partial charge is 0.494 e. The molecule has 21 heavy (non-hydrogen) atoms. The van der Waals surface area contributed by atoms with E-state index in [2.05, 4.69) is 10.3 Å². The fraction of sp³-hybridized carbons (Fsp3) is 0.250. The Hall–Kier alpha value is -2.40. The van der Waals surface area contributed by atoms with Crippen molar-refractivity contribution in [2.75, 3.05) is 11.9 Å². The van der Waals surface area contributed by atoms with E-state index in [1.54, 1.807) is 6.07 Å². The van der Waals surface area contributed by atoms with Gasteiger partial charge in [0.2, 0.25) is 5.91 Å². The summed E-state index contributed by atoms with van der Waals surface area (Å²) in [7, 11) is 0. The van der Waals surface area contributed by atoms with Gasteiger partial charge in [-0.3, -0.25) is 4.79 Å². The molecule has 3 N–H and O–H groups in total. The molecule has 1 heterocycles. The molecule has 0 bridgehead atoms. The smallest absolute Gasteiger partial charge is 0.225 e. The van der Waals surface area contributed by atoms with Crippen LogP contribution in [0.5, 0.6) is 5.75 Å². The maximum absolute atomic E-state index is 11.8. The van der Waals surface area contributed by atoms with Crippen LogP contribution in [0.15, 0.2) is 48.5 Å². The van der Waals surface area contributed by atoms with Gasteiger partial charge in [0, 0.05) is 13.0 Å². The molecule has 110 valence electrons. The molecule has 0 aliphatic rings. The van der Waals surface area contributed by atoms with Crippen molar-refractivity contribution < 1.29 is 9.53 Å². The Bertz CT molecular complexity index is 573. The molecule has 1 aromatic carbocycles. The number of para-hydroxylation sites is 1. The summed E-state index contributed by atoms with van der Waals surface area (Å²) < 4.78 is 5.53. The molecule has 0 unspecified atom stereocenters. The van der Waals surface area contributed by atoms with Gasteiger partial charge in [-0.15, -0.1) is 0 Å². The summed E-state index contributed by atoms with van der Waals surface area (Å²) in [4.78, 5) is 16.0. The van der Waals surface area contributed by atoms with Crippen molar-refractivity contribution in [3.8, 4) is 5.75 Å². The number of rotatable bonds is 7. The van der Waals surface area contributed by atoms with Crippen molar-refractivity contribution >= 4 is 11.7 Å². The van der Waals surface area contributed by atoms with Crippen molar-refractivity contribution in [3.63, 3.8) is 0 Å². The molecule has 0 saturated heterocycles. The summed E-state index contributed by atoms with van der Waals surface area (Å²) in [5.41, 5.74) is 6.26. The molecule has 0 aliphatic heterocycles. The number of hydrogen-bond acceptors (Lipinski definition) is 4. The van der Waals surface area contributed by atoms with Gasteiger partial charge in [0.05, 0.1) is 12.3 Å². The highest BCUT2D eigenvalue weighted by Gasteiger charge is 2.04. The standard InChI is InChI=1S/C16H19N3O2/c17-12-13-6-4-9-15(18-13)19-16(20)10-5-11-21-14-7-2-1-3-8-14/h1-4,6-9H,5,10-12,17H2,(H,18,19,20). The Balaban J connectivity index is 1.70. The summed E-state index contributed by atoms with van der Waals surface area (Å²) in [5, 5.41) is 2.75. The first-order valence-electron chi connectivity index (χ1n) is 6.91. The SMILES string of the molecule is NCc1cccc(NC(=O)CCCOc2ccccc2)n1. The first-order valence-corrected chi connectivity index (χ1v) is 6.91. The molecular formula is C16H19N3O2. The summed E-state index contributed by atoms with van der Waals surface area (Å²) in [6.45, 7) is 0.863. The number of hydrogen-bond donors (Lipinski definition) is 2. The van der Waals surface area contributed by atoms with Crippen molar-refractivity contribution in [1.29, 1.82) is 0 Å². The summed E-state index contributed by atoms with van der Waals surface area (Å²) in [6, 6.07) is 14.9. The van der Waals surface area contributed by atoms with Crippen molar-refractivity contribution in [1.82, 2.24) is 4.98 Å². The average molecular weight is 285 g/mol. The summed E-state index contributed by atoms with van der Waals surface area (Å²) in [6.07, 6.45) is 1.04. The topological polar surface area (TPSA) is 77.2 Å². The number of nitrogens with two attached hydrogens (primary N) is 1. The number of carbonyl (C=O) groups excluding carboxylic acids is 1. The number of aromatic nitrogens is 1. The van der Waals surface area contributed by atoms with Gasteiger partial charge in [-0.25, -0.2) is 4.98 Å². The zero-order valence-corrected chi connectivity index (χ0v) is 11.8. The van der Waals surface area contributed by atoms with E-state index in [1.165, 1.54) is 0 Å². The van der Waals surface area contributed by atoms with Gasteiger partial charge in [-0.2, -0.15) is 0 Å². The van der Waals surface area contributed by atoms with Gasteiger partial charge in [0.15, 0.2) is 0 Å². The van der Waals surface area contributed by atoms with Crippen molar-refractivity contribution in [3.05, 3.63) is 54.2 Å². The van der Waals surface area contributed by atoms with Crippen LogP contribution in [-0.4, -0.2) is 17.5 Å². The lowest BCUT2D eigenvalue weighted by Crippen LogP contribution is -2.14. The third kappa shape index (κ3) is 5.24. The third-order valence-electron chi connectivity index (χ3n) is 2.84. The van der Waals surface area contributed by atoms with E-state index in [9.17, 15) is 4.79 Å². The second-order valence-electron chi connectivity index (χ2n) is 4.53. The van der Waals surface area contributed by atoms with Gasteiger partial charge in [0.1, 0.15) is 11.6 Å². The summed E-state index contributed by atoms with van der Waals surface area (Å²) in [5.74, 6) is 1.27. The molecule has 1 aromatic heterocycles. The minimum atomic E-state index is -0.0756. The first-order chi connectivity index (χ1) is 10.3. The lowest BCUT2D eigenvalue weighted by Gasteiger charge is -2.07. The predicted molar refractivity (Wildman–Crippen MR) is 81.9 cm³/mol. The maximum Gasteiger partial charge on any atom is 0.225 e. The van der Waals surface area contributed by atoms with Gasteiger partial charge < -0.3 is 15.8 Å². The number of nitrogens with one attached hydrogen (secondary N) is 1. The van der Waals surface area contributed by atoms with E-state index in [1.807, 2.05) is 42.5 Å². The normalized spacial score (nSPS) is 10.1. The van der Waals surface area contributed by atoms with Crippen molar-refractivity contribution in [2.24, 2.45) is 5.73 Å². The second kappa shape index (κ2) is 8.01. The quantitative estimate of drug-likeness (QED) is 0.765. The van der Waals surface area contributed by atoms with Crippen LogP contribution in [-0.2, 0) is 11.3 Å². The van der Waals surface area contributed by atoms with Crippen LogP contribution in [0.25, 0.3) is 0 Å². The highest BCUT2D eigenvalue weighted by atomic mass is 16.5. The van der Waals surface area contributed by atoms with Crippen LogP contribution in [0, 0.1) is 0 Å². The van der Waals surface area contributed by atoms with E-state index >= 15 is 0 Å². The highest BCUT2D eigenvalue weighted by molar-refractivity contribution is 5.89. The fourth-order valence-electron chi connectivity index (χ4n) is 1.81. The predicted octanol–water partition coefficient (Wildman–Crippen LogP) is 2.34. The van der Waals surface area contributed by atoms with Gasteiger partial charge in [-0.05, 0) is 30.7 Å². The first kappa shape index (κ1) is 15.0. The van der Waals surface area contributed by atoms with Crippen LogP contribution in [0.2, 0.25) is 0 Å². The molecule has 1 amide bonds. The van der Waals surface area contributed by atoms with Crippen LogP contribution >= 0.6 is 0 Å². The number of nitrogens with zero attached hydrogens (tertiary/aromatic N) is 1. The maximum atomic E-state index is 11.8. The average Bonchev–Trinajstić information content (AvgIpc) is 2.53. The monoisotopic (exact) mass is 285 g/mol. The van der Waals surface area contributed by atoms with E-state index in [0.29, 0.717) is 31.8 Å². The molecule has 0 radical (unpaired) electrons. The highest BCUT2D eigenvalue weighted by Crippen LogP contribution is 2.09. The molecule has 2 rings (SSSR count). The lowest BCUT2D eigenvalue weighted by atomic mass is 10.3. The molecule has 0 saturated carbocycles. The number of benzene rings is 1. The Morgan fingerprint density at radius 1 is 1.14 bits per heavy atom.